The van der Waals surface area contributed by atoms with E-state index in [0.717, 1.165) is 10.7 Å². The van der Waals surface area contributed by atoms with Gasteiger partial charge in [0.1, 0.15) is 10.5 Å². The summed E-state index contributed by atoms with van der Waals surface area (Å²) in [7, 11) is 0. The highest BCUT2D eigenvalue weighted by molar-refractivity contribution is 8.01. The summed E-state index contributed by atoms with van der Waals surface area (Å²) in [6.07, 6.45) is 2.16. The number of carboxylic acid groups (broad SMARTS) is 1. The predicted molar refractivity (Wildman–Crippen MR) is 55.6 cm³/mol. The molecule has 1 aromatic heterocycles. The molecule has 0 radical (unpaired) electrons. The van der Waals surface area contributed by atoms with Crippen molar-refractivity contribution in [2.75, 3.05) is 0 Å². The third kappa shape index (κ3) is 2.12. The predicted octanol–water partition coefficient (Wildman–Crippen LogP) is 2.93. The molecule has 14 heavy (non-hydrogen) atoms. The van der Waals surface area contributed by atoms with Crippen molar-refractivity contribution < 1.29 is 14.3 Å². The summed E-state index contributed by atoms with van der Waals surface area (Å²) in [6, 6.07) is 1.80. The van der Waals surface area contributed by atoms with Gasteiger partial charge in [-0.05, 0) is 26.3 Å². The molecule has 0 bridgehead atoms. The molecule has 0 saturated carbocycles. The Balaban J connectivity index is 2.86. The first-order valence-corrected chi connectivity index (χ1v) is 5.27. The third-order valence-corrected chi connectivity index (χ3v) is 3.83. The summed E-state index contributed by atoms with van der Waals surface area (Å²) in [5.74, 6) is -0.0125. The number of rotatable bonds is 4. The zero-order valence-electron chi connectivity index (χ0n) is 8.53. The lowest BCUT2D eigenvalue weighted by atomic mass is 10.1. The van der Waals surface area contributed by atoms with Crippen molar-refractivity contribution in [3.05, 3.63) is 18.1 Å². The molecule has 3 nitrogen and oxygen atoms in total. The van der Waals surface area contributed by atoms with E-state index in [1.165, 1.54) is 11.8 Å². The molecule has 0 aliphatic heterocycles. The van der Waals surface area contributed by atoms with Crippen LogP contribution in [0.3, 0.4) is 0 Å². The van der Waals surface area contributed by atoms with Gasteiger partial charge in [0.15, 0.2) is 0 Å². The first-order valence-electron chi connectivity index (χ1n) is 4.46. The monoisotopic (exact) mass is 214 g/mol. The highest BCUT2D eigenvalue weighted by atomic mass is 32.2. The average Bonchev–Trinajstić information content (AvgIpc) is 2.51. The van der Waals surface area contributed by atoms with E-state index in [-0.39, 0.29) is 0 Å². The second-order valence-corrected chi connectivity index (χ2v) is 4.88. The molecular weight excluding hydrogens is 200 g/mol. The molecule has 0 saturated heterocycles. The number of furan rings is 1. The number of aryl methyl sites for hydroxylation is 1. The van der Waals surface area contributed by atoms with Gasteiger partial charge in [-0.2, -0.15) is 0 Å². The van der Waals surface area contributed by atoms with Crippen molar-refractivity contribution in [2.24, 2.45) is 0 Å². The number of hydrogen-bond donors (Lipinski definition) is 1. The van der Waals surface area contributed by atoms with Gasteiger partial charge in [-0.25, -0.2) is 0 Å². The maximum absolute atomic E-state index is 11.0. The van der Waals surface area contributed by atoms with Gasteiger partial charge in [0.2, 0.25) is 0 Å². The van der Waals surface area contributed by atoms with Crippen LogP contribution in [0.1, 0.15) is 26.0 Å². The number of carboxylic acids is 1. The van der Waals surface area contributed by atoms with E-state index in [1.54, 1.807) is 19.3 Å². The van der Waals surface area contributed by atoms with Crippen LogP contribution in [0.5, 0.6) is 0 Å². The molecule has 0 aliphatic carbocycles. The van der Waals surface area contributed by atoms with Crippen LogP contribution in [0.2, 0.25) is 0 Å². The van der Waals surface area contributed by atoms with Crippen molar-refractivity contribution in [2.45, 2.75) is 36.8 Å². The Bertz CT molecular complexity index is 332. The van der Waals surface area contributed by atoms with Crippen molar-refractivity contribution in [1.29, 1.82) is 0 Å². The fourth-order valence-electron chi connectivity index (χ4n) is 0.989. The van der Waals surface area contributed by atoms with Crippen LogP contribution in [-0.2, 0) is 4.79 Å². The molecule has 0 aliphatic rings. The smallest absolute Gasteiger partial charge is 0.319 e. The van der Waals surface area contributed by atoms with E-state index >= 15 is 0 Å². The number of aliphatic carboxylic acids is 1. The number of thioether (sulfide) groups is 1. The highest BCUT2D eigenvalue weighted by Gasteiger charge is 2.33. The lowest BCUT2D eigenvalue weighted by Crippen LogP contribution is -2.30. The Morgan fingerprint density at radius 2 is 2.36 bits per heavy atom. The standard InChI is InChI=1S/C10H14O3S/c1-4-10(3,9(11)12)14-8-5-6-13-7(8)2/h5-6H,4H2,1-3H3,(H,11,12). The normalized spacial score (nSPS) is 15.1. The van der Waals surface area contributed by atoms with Gasteiger partial charge in [-0.15, -0.1) is 11.8 Å². The summed E-state index contributed by atoms with van der Waals surface area (Å²) in [5, 5.41) is 9.07. The van der Waals surface area contributed by atoms with E-state index in [9.17, 15) is 4.79 Å². The molecule has 0 aromatic carbocycles. The van der Waals surface area contributed by atoms with Gasteiger partial charge >= 0.3 is 5.97 Å². The third-order valence-electron chi connectivity index (χ3n) is 2.27. The molecule has 0 fully saturated rings. The van der Waals surface area contributed by atoms with Crippen LogP contribution < -0.4 is 0 Å². The largest absolute Gasteiger partial charge is 0.480 e. The lowest BCUT2D eigenvalue weighted by molar-refractivity contribution is -0.139. The van der Waals surface area contributed by atoms with Crippen LogP contribution in [0, 0.1) is 6.92 Å². The van der Waals surface area contributed by atoms with Crippen molar-refractivity contribution in [3.63, 3.8) is 0 Å². The second-order valence-electron chi connectivity index (χ2n) is 3.33. The summed E-state index contributed by atoms with van der Waals surface area (Å²) >= 11 is 1.34. The van der Waals surface area contributed by atoms with Gasteiger partial charge in [-0.3, -0.25) is 4.79 Å². The van der Waals surface area contributed by atoms with Gasteiger partial charge < -0.3 is 9.52 Å². The highest BCUT2D eigenvalue weighted by Crippen LogP contribution is 2.37. The number of hydrogen-bond acceptors (Lipinski definition) is 3. The van der Waals surface area contributed by atoms with Crippen molar-refractivity contribution in [1.82, 2.24) is 0 Å². The van der Waals surface area contributed by atoms with E-state index in [1.807, 2.05) is 13.8 Å². The van der Waals surface area contributed by atoms with Gasteiger partial charge in [0.05, 0.1) is 6.26 Å². The molecule has 1 heterocycles. The average molecular weight is 214 g/mol. The Labute approximate surface area is 87.5 Å². The Hall–Kier alpha value is -0.900. The minimum Gasteiger partial charge on any atom is -0.480 e. The summed E-state index contributed by atoms with van der Waals surface area (Å²) < 4.78 is 4.35. The molecule has 4 heteroatoms. The molecule has 78 valence electrons. The molecule has 1 aromatic rings. The molecule has 1 N–H and O–H groups in total. The van der Waals surface area contributed by atoms with E-state index in [0.29, 0.717) is 6.42 Å². The van der Waals surface area contributed by atoms with E-state index < -0.39 is 10.7 Å². The SMILES string of the molecule is CCC(C)(Sc1ccoc1C)C(=O)O. The van der Waals surface area contributed by atoms with E-state index in [4.69, 9.17) is 9.52 Å². The molecule has 1 unspecified atom stereocenters. The Morgan fingerprint density at radius 1 is 1.71 bits per heavy atom. The van der Waals surface area contributed by atoms with Crippen LogP contribution in [0.4, 0.5) is 0 Å². The molecule has 1 atom stereocenters. The lowest BCUT2D eigenvalue weighted by Gasteiger charge is -2.21. The van der Waals surface area contributed by atoms with Crippen molar-refractivity contribution >= 4 is 17.7 Å². The maximum atomic E-state index is 11.0. The van der Waals surface area contributed by atoms with Gasteiger partial charge in [0, 0.05) is 4.90 Å². The van der Waals surface area contributed by atoms with Crippen LogP contribution >= 0.6 is 11.8 Å². The maximum Gasteiger partial charge on any atom is 0.319 e. The fraction of sp³-hybridized carbons (Fsp3) is 0.500. The molecule has 1 rings (SSSR count). The molecule has 0 amide bonds. The molecular formula is C10H14O3S. The fourth-order valence-corrected chi connectivity index (χ4v) is 2.02. The van der Waals surface area contributed by atoms with Crippen molar-refractivity contribution in [3.8, 4) is 0 Å². The topological polar surface area (TPSA) is 50.4 Å². The first-order chi connectivity index (χ1) is 6.49. The minimum atomic E-state index is -0.786. The quantitative estimate of drug-likeness (QED) is 0.783. The summed E-state index contributed by atoms with van der Waals surface area (Å²) in [6.45, 7) is 5.43. The zero-order valence-corrected chi connectivity index (χ0v) is 9.35. The minimum absolute atomic E-state index is 0.581. The van der Waals surface area contributed by atoms with E-state index in [2.05, 4.69) is 0 Å². The summed E-state index contributed by atoms with van der Waals surface area (Å²) in [4.78, 5) is 11.9. The van der Waals surface area contributed by atoms with Crippen LogP contribution in [-0.4, -0.2) is 15.8 Å². The first kappa shape index (κ1) is 11.2. The van der Waals surface area contributed by atoms with Crippen LogP contribution in [0.15, 0.2) is 21.6 Å². The van der Waals surface area contributed by atoms with Gasteiger partial charge in [-0.1, -0.05) is 6.92 Å². The Morgan fingerprint density at radius 3 is 2.71 bits per heavy atom. The Kier molecular flexibility index (Phi) is 3.26. The zero-order chi connectivity index (χ0) is 10.8. The summed E-state index contributed by atoms with van der Waals surface area (Å²) in [5.41, 5.74) is 0. The second kappa shape index (κ2) is 4.09. The van der Waals surface area contributed by atoms with Gasteiger partial charge in [0.25, 0.3) is 0 Å². The van der Waals surface area contributed by atoms with Crippen LogP contribution in [0.25, 0.3) is 0 Å². The molecule has 0 spiro atoms. The number of carbonyl (C=O) groups is 1.